The lowest BCUT2D eigenvalue weighted by Gasteiger charge is -2.30. The molecule has 6 nitrogen and oxygen atoms in total. The molecule has 2 aliphatic rings. The Labute approximate surface area is 118 Å². The monoisotopic (exact) mass is 282 g/mol. The number of carboxylic acids is 1. The lowest BCUT2D eigenvalue weighted by molar-refractivity contribution is -0.145. The number of rotatable bonds is 5. The Balaban J connectivity index is 1.69. The van der Waals surface area contributed by atoms with Gasteiger partial charge in [0.05, 0.1) is 5.92 Å². The Kier molecular flexibility index (Phi) is 4.62. The maximum absolute atomic E-state index is 12.0. The summed E-state index contributed by atoms with van der Waals surface area (Å²) in [5.41, 5.74) is 0. The van der Waals surface area contributed by atoms with Crippen molar-refractivity contribution in [2.24, 2.45) is 17.8 Å². The number of hydrogen-bond acceptors (Lipinski definition) is 3. The third-order valence-electron chi connectivity index (χ3n) is 4.21. The zero-order valence-electron chi connectivity index (χ0n) is 11.8. The second-order valence-electron chi connectivity index (χ2n) is 5.88. The third-order valence-corrected chi connectivity index (χ3v) is 4.21. The smallest absolute Gasteiger partial charge is 0.308 e. The zero-order valence-corrected chi connectivity index (χ0v) is 11.8. The average molecular weight is 282 g/mol. The van der Waals surface area contributed by atoms with E-state index in [-0.39, 0.29) is 24.2 Å². The minimum absolute atomic E-state index is 0.0346. The highest BCUT2D eigenvalue weighted by molar-refractivity contribution is 5.82. The summed E-state index contributed by atoms with van der Waals surface area (Å²) in [6.45, 7) is 3.29. The van der Waals surface area contributed by atoms with E-state index >= 15 is 0 Å². The molecule has 1 saturated heterocycles. The summed E-state index contributed by atoms with van der Waals surface area (Å²) in [6, 6.07) is 0. The van der Waals surface area contributed by atoms with Crippen LogP contribution in [0.15, 0.2) is 0 Å². The van der Waals surface area contributed by atoms with Gasteiger partial charge in [0, 0.05) is 32.0 Å². The number of aliphatic carboxylic acids is 1. The Morgan fingerprint density at radius 2 is 2.05 bits per heavy atom. The molecule has 3 atom stereocenters. The Morgan fingerprint density at radius 1 is 1.35 bits per heavy atom. The Hall–Kier alpha value is -1.59. The molecule has 2 rings (SSSR count). The van der Waals surface area contributed by atoms with Crippen LogP contribution in [0.25, 0.3) is 0 Å². The molecule has 1 heterocycles. The molecule has 2 unspecified atom stereocenters. The van der Waals surface area contributed by atoms with Crippen LogP contribution in [-0.2, 0) is 14.4 Å². The number of carbonyl (C=O) groups is 3. The van der Waals surface area contributed by atoms with Crippen molar-refractivity contribution in [2.45, 2.75) is 32.6 Å². The van der Waals surface area contributed by atoms with E-state index in [9.17, 15) is 14.4 Å². The molecule has 2 fully saturated rings. The van der Waals surface area contributed by atoms with Gasteiger partial charge in [0.15, 0.2) is 0 Å². The fourth-order valence-corrected chi connectivity index (χ4v) is 2.67. The van der Waals surface area contributed by atoms with Gasteiger partial charge in [0.25, 0.3) is 0 Å². The average Bonchev–Trinajstić information content (AvgIpc) is 3.16. The summed E-state index contributed by atoms with van der Waals surface area (Å²) in [5, 5.41) is 11.8. The number of amides is 2. The van der Waals surface area contributed by atoms with Gasteiger partial charge in [-0.2, -0.15) is 0 Å². The molecule has 0 aromatic heterocycles. The minimum Gasteiger partial charge on any atom is -0.481 e. The first-order valence-electron chi connectivity index (χ1n) is 7.27. The lowest BCUT2D eigenvalue weighted by Crippen LogP contribution is -2.43. The number of carbonyl (C=O) groups excluding carboxylic acids is 2. The summed E-state index contributed by atoms with van der Waals surface area (Å²) >= 11 is 0. The van der Waals surface area contributed by atoms with E-state index in [1.807, 2.05) is 6.92 Å². The van der Waals surface area contributed by atoms with E-state index in [0.29, 0.717) is 32.0 Å². The maximum Gasteiger partial charge on any atom is 0.308 e. The molecular weight excluding hydrogens is 260 g/mol. The van der Waals surface area contributed by atoms with Gasteiger partial charge in [0.1, 0.15) is 0 Å². The largest absolute Gasteiger partial charge is 0.481 e. The molecule has 6 heteroatoms. The summed E-state index contributed by atoms with van der Waals surface area (Å²) in [7, 11) is 0. The summed E-state index contributed by atoms with van der Waals surface area (Å²) in [4.78, 5) is 36.1. The molecule has 0 aromatic carbocycles. The fraction of sp³-hybridized carbons (Fsp3) is 0.786. The topological polar surface area (TPSA) is 86.7 Å². The summed E-state index contributed by atoms with van der Waals surface area (Å²) in [5.74, 6) is -0.735. The van der Waals surface area contributed by atoms with Crippen LogP contribution in [0.5, 0.6) is 0 Å². The van der Waals surface area contributed by atoms with Crippen molar-refractivity contribution in [3.63, 3.8) is 0 Å². The number of piperidine rings is 1. The first kappa shape index (κ1) is 14.8. The number of carboxylic acid groups (broad SMARTS) is 1. The van der Waals surface area contributed by atoms with Crippen molar-refractivity contribution < 1.29 is 19.5 Å². The van der Waals surface area contributed by atoms with E-state index in [4.69, 9.17) is 5.11 Å². The van der Waals surface area contributed by atoms with Crippen molar-refractivity contribution in [3.8, 4) is 0 Å². The molecule has 20 heavy (non-hydrogen) atoms. The molecule has 1 aliphatic heterocycles. The molecule has 0 bridgehead atoms. The van der Waals surface area contributed by atoms with Crippen molar-refractivity contribution in [2.75, 3.05) is 19.6 Å². The first-order chi connectivity index (χ1) is 9.49. The van der Waals surface area contributed by atoms with Gasteiger partial charge >= 0.3 is 5.97 Å². The number of hydrogen-bond donors (Lipinski definition) is 2. The zero-order chi connectivity index (χ0) is 14.7. The molecule has 112 valence electrons. The van der Waals surface area contributed by atoms with Crippen LogP contribution in [-0.4, -0.2) is 47.4 Å². The first-order valence-corrected chi connectivity index (χ1v) is 7.27. The van der Waals surface area contributed by atoms with Crippen LogP contribution in [0.4, 0.5) is 0 Å². The highest BCUT2D eigenvalue weighted by Gasteiger charge is 2.38. The Bertz CT molecular complexity index is 410. The molecule has 0 radical (unpaired) electrons. The molecule has 2 N–H and O–H groups in total. The van der Waals surface area contributed by atoms with Crippen LogP contribution < -0.4 is 5.32 Å². The van der Waals surface area contributed by atoms with E-state index in [0.717, 1.165) is 12.8 Å². The molecule has 2 amide bonds. The van der Waals surface area contributed by atoms with Gasteiger partial charge in [-0.15, -0.1) is 0 Å². The number of nitrogens with one attached hydrogen (secondary N) is 1. The van der Waals surface area contributed by atoms with Crippen molar-refractivity contribution in [1.29, 1.82) is 0 Å². The van der Waals surface area contributed by atoms with E-state index in [2.05, 4.69) is 5.32 Å². The van der Waals surface area contributed by atoms with Gasteiger partial charge in [-0.25, -0.2) is 0 Å². The van der Waals surface area contributed by atoms with Crippen molar-refractivity contribution in [3.05, 3.63) is 0 Å². The van der Waals surface area contributed by atoms with E-state index < -0.39 is 11.9 Å². The van der Waals surface area contributed by atoms with E-state index in [1.54, 1.807) is 4.90 Å². The molecule has 1 saturated carbocycles. The second kappa shape index (κ2) is 6.24. The highest BCUT2D eigenvalue weighted by Crippen LogP contribution is 2.37. The van der Waals surface area contributed by atoms with Gasteiger partial charge in [0.2, 0.25) is 11.8 Å². The van der Waals surface area contributed by atoms with E-state index in [1.165, 1.54) is 0 Å². The van der Waals surface area contributed by atoms with Crippen molar-refractivity contribution >= 4 is 17.8 Å². The van der Waals surface area contributed by atoms with Crippen LogP contribution in [0.1, 0.15) is 32.6 Å². The summed E-state index contributed by atoms with van der Waals surface area (Å²) < 4.78 is 0. The second-order valence-corrected chi connectivity index (χ2v) is 5.88. The summed E-state index contributed by atoms with van der Waals surface area (Å²) in [6.07, 6.45) is 2.55. The quantitative estimate of drug-likeness (QED) is 0.767. The molecule has 1 aliphatic carbocycles. The predicted octanol–water partition coefficient (Wildman–Crippen LogP) is 0.472. The van der Waals surface area contributed by atoms with Crippen molar-refractivity contribution in [1.82, 2.24) is 10.2 Å². The fourth-order valence-electron chi connectivity index (χ4n) is 2.67. The van der Waals surface area contributed by atoms with Crippen LogP contribution >= 0.6 is 0 Å². The van der Waals surface area contributed by atoms with Gasteiger partial charge in [-0.1, -0.05) is 6.92 Å². The standard InChI is InChI=1S/C14H22N2O4/c1-9-7-11(9)13(18)15-5-4-12(17)16-6-2-3-10(8-16)14(19)20/h9-11H,2-8H2,1H3,(H,15,18)(H,19,20)/t9?,10-,11?/m0/s1. The van der Waals surface area contributed by atoms with Gasteiger partial charge in [-0.3, -0.25) is 14.4 Å². The molecular formula is C14H22N2O4. The number of likely N-dealkylation sites (tertiary alicyclic amines) is 1. The normalized spacial score (nSPS) is 28.9. The minimum atomic E-state index is -0.835. The SMILES string of the molecule is CC1CC1C(=O)NCCC(=O)N1CCC[C@H](C(=O)O)C1. The van der Waals surface area contributed by atoms with Crippen LogP contribution in [0.2, 0.25) is 0 Å². The molecule has 0 aromatic rings. The lowest BCUT2D eigenvalue weighted by atomic mass is 9.98. The van der Waals surface area contributed by atoms with Crippen LogP contribution in [0, 0.1) is 17.8 Å². The predicted molar refractivity (Wildman–Crippen MR) is 71.8 cm³/mol. The van der Waals surface area contributed by atoms with Gasteiger partial charge in [-0.05, 0) is 25.2 Å². The maximum atomic E-state index is 12.0. The van der Waals surface area contributed by atoms with Crippen LogP contribution in [0.3, 0.4) is 0 Å². The Morgan fingerprint density at radius 3 is 2.65 bits per heavy atom. The highest BCUT2D eigenvalue weighted by atomic mass is 16.4. The number of nitrogens with zero attached hydrogens (tertiary/aromatic N) is 1. The third kappa shape index (κ3) is 3.71. The molecule has 0 spiro atoms. The van der Waals surface area contributed by atoms with Gasteiger partial charge < -0.3 is 15.3 Å².